The van der Waals surface area contributed by atoms with Gasteiger partial charge in [0, 0.05) is 14.9 Å². The smallest absolute Gasteiger partial charge is 0.275 e. The number of hydrazine groups is 1. The second-order valence-electron chi connectivity index (χ2n) is 4.15. The van der Waals surface area contributed by atoms with Gasteiger partial charge in [0.2, 0.25) is 5.82 Å². The van der Waals surface area contributed by atoms with Gasteiger partial charge in [-0.2, -0.15) is 4.39 Å². The van der Waals surface area contributed by atoms with Crippen LogP contribution in [-0.2, 0) is 6.61 Å². The van der Waals surface area contributed by atoms with Gasteiger partial charge in [0.05, 0.1) is 4.88 Å². The standard InChI is InChI=1S/C13H11BrF2N2O2S/c1-6-7(2-11(21-6)13(19)18-17)5-20-10-4-8(14)3-9(15)12(10)16/h2-4H,5,17H2,1H3,(H,18,19). The van der Waals surface area contributed by atoms with Crippen molar-refractivity contribution < 1.29 is 18.3 Å². The molecule has 1 heterocycles. The lowest BCUT2D eigenvalue weighted by Gasteiger charge is -2.08. The summed E-state index contributed by atoms with van der Waals surface area (Å²) in [5, 5.41) is 0. The van der Waals surface area contributed by atoms with Gasteiger partial charge in [-0.15, -0.1) is 11.3 Å². The molecule has 0 saturated heterocycles. The van der Waals surface area contributed by atoms with Crippen LogP contribution in [0.5, 0.6) is 5.75 Å². The number of amides is 1. The Kier molecular flexibility index (Phi) is 4.92. The van der Waals surface area contributed by atoms with Crippen molar-refractivity contribution in [2.75, 3.05) is 0 Å². The Hall–Kier alpha value is -1.51. The van der Waals surface area contributed by atoms with Crippen LogP contribution in [-0.4, -0.2) is 5.91 Å². The van der Waals surface area contributed by atoms with Gasteiger partial charge < -0.3 is 4.74 Å². The Labute approximate surface area is 132 Å². The summed E-state index contributed by atoms with van der Waals surface area (Å²) < 4.78 is 32.5. The fraction of sp³-hybridized carbons (Fsp3) is 0.154. The molecule has 3 N–H and O–H groups in total. The molecule has 0 bridgehead atoms. The predicted molar refractivity (Wildman–Crippen MR) is 79.1 cm³/mol. The summed E-state index contributed by atoms with van der Waals surface area (Å²) in [7, 11) is 0. The molecule has 0 saturated carbocycles. The Morgan fingerprint density at radius 1 is 1.43 bits per heavy atom. The Balaban J connectivity index is 2.17. The summed E-state index contributed by atoms with van der Waals surface area (Å²) in [6.07, 6.45) is 0. The lowest BCUT2D eigenvalue weighted by molar-refractivity contribution is 0.0957. The van der Waals surface area contributed by atoms with Crippen molar-refractivity contribution in [2.24, 2.45) is 5.84 Å². The van der Waals surface area contributed by atoms with Crippen molar-refractivity contribution in [3.63, 3.8) is 0 Å². The van der Waals surface area contributed by atoms with Crippen molar-refractivity contribution in [3.8, 4) is 5.75 Å². The Morgan fingerprint density at radius 2 is 2.14 bits per heavy atom. The number of aryl methyl sites for hydroxylation is 1. The van der Waals surface area contributed by atoms with Crippen LogP contribution in [0.15, 0.2) is 22.7 Å². The highest BCUT2D eigenvalue weighted by molar-refractivity contribution is 9.10. The van der Waals surface area contributed by atoms with Crippen molar-refractivity contribution >= 4 is 33.2 Å². The van der Waals surface area contributed by atoms with Gasteiger partial charge in [0.15, 0.2) is 11.6 Å². The van der Waals surface area contributed by atoms with Crippen molar-refractivity contribution in [1.82, 2.24) is 5.43 Å². The molecule has 0 aliphatic rings. The van der Waals surface area contributed by atoms with Gasteiger partial charge in [-0.3, -0.25) is 10.2 Å². The molecule has 2 rings (SSSR count). The van der Waals surface area contributed by atoms with Crippen LogP contribution in [0.25, 0.3) is 0 Å². The van der Waals surface area contributed by atoms with E-state index in [1.807, 2.05) is 5.43 Å². The number of rotatable bonds is 4. The van der Waals surface area contributed by atoms with E-state index in [1.54, 1.807) is 13.0 Å². The SMILES string of the molecule is Cc1sc(C(=O)NN)cc1COc1cc(Br)cc(F)c1F. The minimum Gasteiger partial charge on any atom is -0.486 e. The predicted octanol–water partition coefficient (Wildman–Crippen LogP) is 3.28. The number of nitrogens with two attached hydrogens (primary N) is 1. The van der Waals surface area contributed by atoms with Crippen molar-refractivity contribution in [2.45, 2.75) is 13.5 Å². The van der Waals surface area contributed by atoms with E-state index in [0.29, 0.717) is 14.9 Å². The van der Waals surface area contributed by atoms with Gasteiger partial charge in [0.1, 0.15) is 6.61 Å². The van der Waals surface area contributed by atoms with Gasteiger partial charge in [-0.25, -0.2) is 10.2 Å². The summed E-state index contributed by atoms with van der Waals surface area (Å²) in [6.45, 7) is 1.82. The third-order valence-electron chi connectivity index (χ3n) is 2.72. The lowest BCUT2D eigenvalue weighted by Crippen LogP contribution is -2.29. The fourth-order valence-electron chi connectivity index (χ4n) is 1.64. The molecule has 1 aromatic carbocycles. The minimum atomic E-state index is -1.05. The first-order valence-electron chi connectivity index (χ1n) is 5.80. The minimum absolute atomic E-state index is 0.0208. The maximum atomic E-state index is 13.6. The van der Waals surface area contributed by atoms with Crippen LogP contribution < -0.4 is 16.0 Å². The van der Waals surface area contributed by atoms with Gasteiger partial charge in [0.25, 0.3) is 5.91 Å². The van der Waals surface area contributed by atoms with Gasteiger partial charge in [-0.05, 0) is 25.1 Å². The van der Waals surface area contributed by atoms with E-state index in [-0.39, 0.29) is 12.4 Å². The second kappa shape index (κ2) is 6.50. The Morgan fingerprint density at radius 3 is 2.81 bits per heavy atom. The fourth-order valence-corrected chi connectivity index (χ4v) is 2.98. The zero-order chi connectivity index (χ0) is 15.6. The van der Waals surface area contributed by atoms with E-state index in [0.717, 1.165) is 10.9 Å². The molecule has 1 amide bonds. The summed E-state index contributed by atoms with van der Waals surface area (Å²) in [6, 6.07) is 3.96. The zero-order valence-corrected chi connectivity index (χ0v) is 13.3. The highest BCUT2D eigenvalue weighted by atomic mass is 79.9. The number of thiophene rings is 1. The maximum Gasteiger partial charge on any atom is 0.275 e. The first-order valence-corrected chi connectivity index (χ1v) is 7.41. The number of ether oxygens (including phenoxy) is 1. The van der Waals surface area contributed by atoms with E-state index >= 15 is 0 Å². The molecular weight excluding hydrogens is 366 g/mol. The van der Waals surface area contributed by atoms with E-state index in [2.05, 4.69) is 15.9 Å². The summed E-state index contributed by atoms with van der Waals surface area (Å²) >= 11 is 4.31. The number of nitrogen functional groups attached to an aromatic ring is 1. The molecule has 0 aliphatic heterocycles. The quantitative estimate of drug-likeness (QED) is 0.372. The van der Waals surface area contributed by atoms with E-state index < -0.39 is 17.5 Å². The number of halogens is 3. The number of benzene rings is 1. The van der Waals surface area contributed by atoms with Crippen molar-refractivity contribution in [1.29, 1.82) is 0 Å². The molecule has 2 aromatic rings. The molecular formula is C13H11BrF2N2O2S. The summed E-state index contributed by atoms with van der Waals surface area (Å²) in [5.41, 5.74) is 2.74. The summed E-state index contributed by atoms with van der Waals surface area (Å²) in [4.78, 5) is 12.7. The number of carbonyl (C=O) groups is 1. The molecule has 0 spiro atoms. The normalized spacial score (nSPS) is 10.5. The third-order valence-corrected chi connectivity index (χ3v) is 4.27. The first-order chi connectivity index (χ1) is 9.92. The van der Waals surface area contributed by atoms with E-state index in [4.69, 9.17) is 10.6 Å². The van der Waals surface area contributed by atoms with Gasteiger partial charge >= 0.3 is 0 Å². The topological polar surface area (TPSA) is 64.4 Å². The zero-order valence-electron chi connectivity index (χ0n) is 10.9. The molecule has 1 aromatic heterocycles. The molecule has 0 aliphatic carbocycles. The second-order valence-corrected chi connectivity index (χ2v) is 6.33. The van der Waals surface area contributed by atoms with Crippen molar-refractivity contribution in [3.05, 3.63) is 49.6 Å². The molecule has 112 valence electrons. The molecule has 0 fully saturated rings. The van der Waals surface area contributed by atoms with E-state index in [1.165, 1.54) is 17.4 Å². The molecule has 0 atom stereocenters. The third kappa shape index (κ3) is 3.58. The average Bonchev–Trinajstić information content (AvgIpc) is 2.81. The number of carbonyl (C=O) groups excluding carboxylic acids is 1. The van der Waals surface area contributed by atoms with Gasteiger partial charge in [-0.1, -0.05) is 15.9 Å². The summed E-state index contributed by atoms with van der Waals surface area (Å²) in [5.74, 6) is 2.41. The van der Waals surface area contributed by atoms with Crippen LogP contribution in [0.2, 0.25) is 0 Å². The lowest BCUT2D eigenvalue weighted by atomic mass is 10.2. The largest absolute Gasteiger partial charge is 0.486 e. The number of hydrogen-bond donors (Lipinski definition) is 2. The van der Waals surface area contributed by atoms with Crippen LogP contribution in [0, 0.1) is 18.6 Å². The number of hydrogen-bond acceptors (Lipinski definition) is 4. The Bertz CT molecular complexity index is 691. The molecule has 21 heavy (non-hydrogen) atoms. The molecule has 0 radical (unpaired) electrons. The van der Waals surface area contributed by atoms with Crippen LogP contribution in [0.4, 0.5) is 8.78 Å². The van der Waals surface area contributed by atoms with Crippen LogP contribution in [0.3, 0.4) is 0 Å². The van der Waals surface area contributed by atoms with Crippen LogP contribution >= 0.6 is 27.3 Å². The highest BCUT2D eigenvalue weighted by Gasteiger charge is 2.14. The average molecular weight is 377 g/mol. The molecule has 8 heteroatoms. The number of nitrogens with one attached hydrogen (secondary N) is 1. The highest BCUT2D eigenvalue weighted by Crippen LogP contribution is 2.28. The molecule has 0 unspecified atom stereocenters. The van der Waals surface area contributed by atoms with Crippen LogP contribution in [0.1, 0.15) is 20.1 Å². The maximum absolute atomic E-state index is 13.6. The first kappa shape index (κ1) is 15.9. The monoisotopic (exact) mass is 376 g/mol. The molecule has 4 nitrogen and oxygen atoms in total. The van der Waals surface area contributed by atoms with E-state index in [9.17, 15) is 13.6 Å².